The number of amides is 1. The number of nitrogens with one attached hydrogen (secondary N) is 1. The van der Waals surface area contributed by atoms with E-state index in [2.05, 4.69) is 21.2 Å². The molecule has 2 aromatic rings. The van der Waals surface area contributed by atoms with Crippen LogP contribution in [0.25, 0.3) is 0 Å². The number of hydrogen-bond donors (Lipinski definition) is 2. The molecule has 0 saturated heterocycles. The molecule has 0 aromatic heterocycles. The Morgan fingerprint density at radius 1 is 1.33 bits per heavy atom. The Morgan fingerprint density at radius 2 is 2.14 bits per heavy atom. The lowest BCUT2D eigenvalue weighted by Crippen LogP contribution is -2.19. The van der Waals surface area contributed by atoms with Crippen molar-refractivity contribution < 1.29 is 9.53 Å². The summed E-state index contributed by atoms with van der Waals surface area (Å²) in [6, 6.07) is 10.5. The molecule has 1 aliphatic rings. The molecule has 108 valence electrons. The third kappa shape index (κ3) is 2.90. The van der Waals surface area contributed by atoms with Gasteiger partial charge in [0.05, 0.1) is 5.02 Å². The molecule has 1 heterocycles. The van der Waals surface area contributed by atoms with Crippen molar-refractivity contribution in [2.75, 3.05) is 5.32 Å². The van der Waals surface area contributed by atoms with Crippen LogP contribution in [-0.2, 0) is 11.4 Å². The first-order valence-electron chi connectivity index (χ1n) is 6.32. The molecule has 0 saturated carbocycles. The molecular weight excluding hydrogens is 356 g/mol. The lowest BCUT2D eigenvalue weighted by atomic mass is 10.1. The second kappa shape index (κ2) is 5.67. The molecule has 0 fully saturated rings. The highest BCUT2D eigenvalue weighted by Crippen LogP contribution is 2.37. The monoisotopic (exact) mass is 366 g/mol. The molecule has 1 amide bonds. The molecule has 1 aliphatic heterocycles. The number of rotatable bonds is 3. The van der Waals surface area contributed by atoms with Gasteiger partial charge in [-0.15, -0.1) is 0 Å². The summed E-state index contributed by atoms with van der Waals surface area (Å²) in [6.45, 7) is 0.387. The minimum atomic E-state index is -0.670. The molecule has 1 unspecified atom stereocenters. The van der Waals surface area contributed by atoms with Gasteiger partial charge in [-0.2, -0.15) is 0 Å². The molecule has 3 rings (SSSR count). The maximum Gasteiger partial charge on any atom is 0.245 e. The van der Waals surface area contributed by atoms with Crippen molar-refractivity contribution in [3.8, 4) is 5.75 Å². The summed E-state index contributed by atoms with van der Waals surface area (Å²) in [6.07, 6.45) is 0. The van der Waals surface area contributed by atoms with Gasteiger partial charge in [-0.3, -0.25) is 4.79 Å². The molecule has 0 aliphatic carbocycles. The van der Waals surface area contributed by atoms with Gasteiger partial charge >= 0.3 is 0 Å². The van der Waals surface area contributed by atoms with Crippen LogP contribution in [0.15, 0.2) is 40.9 Å². The number of nitrogens with two attached hydrogens (primary N) is 1. The smallest absolute Gasteiger partial charge is 0.245 e. The zero-order valence-electron chi connectivity index (χ0n) is 10.9. The second-order valence-electron chi connectivity index (χ2n) is 4.76. The lowest BCUT2D eigenvalue weighted by molar-refractivity contribution is -0.116. The van der Waals surface area contributed by atoms with Crippen molar-refractivity contribution in [2.24, 2.45) is 5.73 Å². The predicted octanol–water partition coefficient (Wildman–Crippen LogP) is 3.63. The number of carbonyl (C=O) groups excluding carboxylic acids is 1. The second-order valence-corrected chi connectivity index (χ2v) is 6.08. The van der Waals surface area contributed by atoms with Gasteiger partial charge in [-0.05, 0) is 23.8 Å². The maximum atomic E-state index is 11.5. The average Bonchev–Trinajstić information content (AvgIpc) is 2.72. The van der Waals surface area contributed by atoms with Crippen molar-refractivity contribution in [1.29, 1.82) is 0 Å². The van der Waals surface area contributed by atoms with Gasteiger partial charge in [-0.25, -0.2) is 0 Å². The first-order chi connectivity index (χ1) is 10.0. The number of fused-ring (bicyclic) bond motifs is 1. The number of carbonyl (C=O) groups is 1. The predicted molar refractivity (Wildman–Crippen MR) is 85.5 cm³/mol. The van der Waals surface area contributed by atoms with Crippen LogP contribution in [0.3, 0.4) is 0 Å². The first kappa shape index (κ1) is 14.4. The molecule has 6 heteroatoms. The van der Waals surface area contributed by atoms with E-state index in [9.17, 15) is 4.79 Å². The number of benzene rings is 2. The summed E-state index contributed by atoms with van der Waals surface area (Å²) in [5, 5.41) is 3.15. The standard InChI is InChI=1S/C15H12BrClN2O2/c16-9-3-1-2-8(4-9)7-21-13-6-12-10(5-11(13)17)14(18)15(20)19-12/h1-6,14H,7,18H2,(H,19,20). The minimum absolute atomic E-state index is 0.231. The molecule has 4 nitrogen and oxygen atoms in total. The average molecular weight is 368 g/mol. The fourth-order valence-electron chi connectivity index (χ4n) is 2.18. The number of halogens is 2. The van der Waals surface area contributed by atoms with E-state index in [4.69, 9.17) is 22.1 Å². The van der Waals surface area contributed by atoms with Crippen LogP contribution in [-0.4, -0.2) is 5.91 Å². The number of ether oxygens (including phenoxy) is 1. The van der Waals surface area contributed by atoms with Gasteiger partial charge in [0.25, 0.3) is 0 Å². The highest BCUT2D eigenvalue weighted by molar-refractivity contribution is 9.10. The normalized spacial score (nSPS) is 16.5. The highest BCUT2D eigenvalue weighted by Gasteiger charge is 2.28. The van der Waals surface area contributed by atoms with E-state index in [1.165, 1.54) is 0 Å². The van der Waals surface area contributed by atoms with Crippen LogP contribution in [0.4, 0.5) is 5.69 Å². The van der Waals surface area contributed by atoms with Gasteiger partial charge in [-0.1, -0.05) is 39.7 Å². The molecule has 3 N–H and O–H groups in total. The maximum absolute atomic E-state index is 11.5. The Labute approximate surface area is 135 Å². The zero-order valence-corrected chi connectivity index (χ0v) is 13.2. The SMILES string of the molecule is NC1C(=O)Nc2cc(OCc3cccc(Br)c3)c(Cl)cc21. The fraction of sp³-hybridized carbons (Fsp3) is 0.133. The summed E-state index contributed by atoms with van der Waals surface area (Å²) in [4.78, 5) is 11.5. The van der Waals surface area contributed by atoms with E-state index < -0.39 is 6.04 Å². The van der Waals surface area contributed by atoms with Gasteiger partial charge in [0.1, 0.15) is 18.4 Å². The van der Waals surface area contributed by atoms with E-state index in [-0.39, 0.29) is 5.91 Å². The van der Waals surface area contributed by atoms with Crippen molar-refractivity contribution in [3.63, 3.8) is 0 Å². The van der Waals surface area contributed by atoms with Crippen molar-refractivity contribution >= 4 is 39.1 Å². The lowest BCUT2D eigenvalue weighted by Gasteiger charge is -2.11. The minimum Gasteiger partial charge on any atom is -0.487 e. The topological polar surface area (TPSA) is 64.4 Å². The van der Waals surface area contributed by atoms with Crippen LogP contribution < -0.4 is 15.8 Å². The Bertz CT molecular complexity index is 721. The number of anilines is 1. The quantitative estimate of drug-likeness (QED) is 0.870. The Kier molecular flexibility index (Phi) is 3.89. The molecule has 21 heavy (non-hydrogen) atoms. The summed E-state index contributed by atoms with van der Waals surface area (Å²) in [7, 11) is 0. The summed E-state index contributed by atoms with van der Waals surface area (Å²) < 4.78 is 6.72. The molecular formula is C15H12BrClN2O2. The van der Waals surface area contributed by atoms with Gasteiger partial charge in [0, 0.05) is 21.8 Å². The van der Waals surface area contributed by atoms with E-state index in [0.717, 1.165) is 10.0 Å². The summed E-state index contributed by atoms with van der Waals surface area (Å²) in [5.41, 5.74) is 8.14. The van der Waals surface area contributed by atoms with Crippen LogP contribution in [0.5, 0.6) is 5.75 Å². The van der Waals surface area contributed by atoms with E-state index in [1.807, 2.05) is 24.3 Å². The largest absolute Gasteiger partial charge is 0.487 e. The van der Waals surface area contributed by atoms with Crippen molar-refractivity contribution in [2.45, 2.75) is 12.6 Å². The molecule has 0 radical (unpaired) electrons. The summed E-state index contributed by atoms with van der Waals surface area (Å²) in [5.74, 6) is 0.287. The zero-order chi connectivity index (χ0) is 15.0. The van der Waals surface area contributed by atoms with E-state index in [0.29, 0.717) is 28.6 Å². The molecule has 0 spiro atoms. The van der Waals surface area contributed by atoms with E-state index in [1.54, 1.807) is 12.1 Å². The van der Waals surface area contributed by atoms with Crippen LogP contribution >= 0.6 is 27.5 Å². The Hall–Kier alpha value is -1.56. The van der Waals surface area contributed by atoms with Crippen LogP contribution in [0.2, 0.25) is 5.02 Å². The van der Waals surface area contributed by atoms with Gasteiger partial charge in [0.2, 0.25) is 5.91 Å². The molecule has 0 bridgehead atoms. The highest BCUT2D eigenvalue weighted by atomic mass is 79.9. The number of hydrogen-bond acceptors (Lipinski definition) is 3. The third-order valence-corrected chi connectivity index (χ3v) is 4.05. The summed E-state index contributed by atoms with van der Waals surface area (Å²) >= 11 is 9.60. The first-order valence-corrected chi connectivity index (χ1v) is 7.49. The Morgan fingerprint density at radius 3 is 2.90 bits per heavy atom. The molecule has 1 atom stereocenters. The van der Waals surface area contributed by atoms with Crippen LogP contribution in [0.1, 0.15) is 17.2 Å². The van der Waals surface area contributed by atoms with Crippen LogP contribution in [0, 0.1) is 0 Å². The van der Waals surface area contributed by atoms with Gasteiger partial charge < -0.3 is 15.8 Å². The van der Waals surface area contributed by atoms with Crippen molar-refractivity contribution in [1.82, 2.24) is 0 Å². The molecule has 2 aromatic carbocycles. The Balaban J connectivity index is 1.81. The van der Waals surface area contributed by atoms with E-state index >= 15 is 0 Å². The third-order valence-electron chi connectivity index (χ3n) is 3.26. The fourth-order valence-corrected chi connectivity index (χ4v) is 2.86. The van der Waals surface area contributed by atoms with Gasteiger partial charge in [0.15, 0.2) is 0 Å². The van der Waals surface area contributed by atoms with Crippen molar-refractivity contribution in [3.05, 3.63) is 57.0 Å².